The molecule has 5 heteroatoms. The van der Waals surface area contributed by atoms with E-state index in [1.165, 1.54) is 0 Å². The average Bonchev–Trinajstić information content (AvgIpc) is 2.91. The maximum Gasteiger partial charge on any atom is 0.251 e. The fraction of sp³-hybridized carbons (Fsp3) is 0.375. The van der Waals surface area contributed by atoms with Gasteiger partial charge < -0.3 is 10.6 Å². The number of aromatic nitrogens is 2. The van der Waals surface area contributed by atoms with Crippen LogP contribution in [0.2, 0.25) is 0 Å². The van der Waals surface area contributed by atoms with Gasteiger partial charge in [-0.25, -0.2) is 0 Å². The molecule has 0 unspecified atom stereocenters. The molecule has 0 aliphatic rings. The second kappa shape index (κ2) is 7.47. The normalized spacial score (nSPS) is 10.4. The minimum atomic E-state index is -0.0424. The van der Waals surface area contributed by atoms with Crippen LogP contribution in [0, 0.1) is 0 Å². The zero-order valence-electron chi connectivity index (χ0n) is 12.6. The molecule has 1 aromatic carbocycles. The van der Waals surface area contributed by atoms with E-state index in [0.717, 1.165) is 30.8 Å². The van der Waals surface area contributed by atoms with Gasteiger partial charge in [-0.3, -0.25) is 9.48 Å². The van der Waals surface area contributed by atoms with Crippen molar-refractivity contribution in [2.24, 2.45) is 7.05 Å². The smallest absolute Gasteiger partial charge is 0.251 e. The summed E-state index contributed by atoms with van der Waals surface area (Å²) in [4.78, 5) is 12.0. The van der Waals surface area contributed by atoms with Crippen LogP contribution in [0.15, 0.2) is 36.5 Å². The summed E-state index contributed by atoms with van der Waals surface area (Å²) >= 11 is 0. The van der Waals surface area contributed by atoms with Gasteiger partial charge in [0.05, 0.1) is 0 Å². The highest BCUT2D eigenvalue weighted by Gasteiger charge is 2.05. The Balaban J connectivity index is 1.81. The predicted octanol–water partition coefficient (Wildman–Crippen LogP) is 2.21. The van der Waals surface area contributed by atoms with E-state index < -0.39 is 0 Å². The summed E-state index contributed by atoms with van der Waals surface area (Å²) in [7, 11) is 1.90. The summed E-state index contributed by atoms with van der Waals surface area (Å²) in [6.45, 7) is 3.67. The Morgan fingerprint density at radius 1 is 1.19 bits per heavy atom. The van der Waals surface area contributed by atoms with Gasteiger partial charge >= 0.3 is 0 Å². The lowest BCUT2D eigenvalue weighted by molar-refractivity contribution is 0.0954. The van der Waals surface area contributed by atoms with Crippen molar-refractivity contribution in [2.45, 2.75) is 19.8 Å². The van der Waals surface area contributed by atoms with Crippen molar-refractivity contribution >= 4 is 11.6 Å². The number of aryl methyl sites for hydroxylation is 1. The topological polar surface area (TPSA) is 59.0 Å². The Labute approximate surface area is 125 Å². The molecule has 0 saturated carbocycles. The molecule has 0 aliphatic carbocycles. The van der Waals surface area contributed by atoms with Crippen molar-refractivity contribution in [3.05, 3.63) is 47.8 Å². The number of carbonyl (C=O) groups excluding carboxylic acids is 1. The predicted molar refractivity (Wildman–Crippen MR) is 84.5 cm³/mol. The van der Waals surface area contributed by atoms with Crippen molar-refractivity contribution < 1.29 is 4.79 Å². The third-order valence-electron chi connectivity index (χ3n) is 3.32. The molecular weight excluding hydrogens is 264 g/mol. The van der Waals surface area contributed by atoms with Gasteiger partial charge in [-0.1, -0.05) is 6.92 Å². The highest BCUT2D eigenvalue weighted by molar-refractivity contribution is 5.94. The van der Waals surface area contributed by atoms with E-state index in [0.29, 0.717) is 12.1 Å². The molecular formula is C16H22N4O. The van der Waals surface area contributed by atoms with E-state index in [-0.39, 0.29) is 5.91 Å². The fourth-order valence-corrected chi connectivity index (χ4v) is 2.06. The molecule has 0 spiro atoms. The van der Waals surface area contributed by atoms with Gasteiger partial charge in [-0.15, -0.1) is 0 Å². The number of benzene rings is 1. The summed E-state index contributed by atoms with van der Waals surface area (Å²) < 4.78 is 1.82. The van der Waals surface area contributed by atoms with Gasteiger partial charge in [0.2, 0.25) is 0 Å². The number of hydrogen-bond acceptors (Lipinski definition) is 3. The first-order valence-electron chi connectivity index (χ1n) is 7.29. The van der Waals surface area contributed by atoms with Crippen molar-refractivity contribution in [3.8, 4) is 0 Å². The van der Waals surface area contributed by atoms with Crippen LogP contribution in [0.5, 0.6) is 0 Å². The Morgan fingerprint density at radius 2 is 1.95 bits per heavy atom. The molecule has 0 radical (unpaired) electrons. The molecule has 0 fully saturated rings. The number of amides is 1. The first-order valence-corrected chi connectivity index (χ1v) is 7.29. The van der Waals surface area contributed by atoms with E-state index in [4.69, 9.17) is 0 Å². The minimum absolute atomic E-state index is 0.0424. The zero-order chi connectivity index (χ0) is 15.1. The first-order chi connectivity index (χ1) is 10.2. The molecule has 21 heavy (non-hydrogen) atoms. The molecule has 1 amide bonds. The fourth-order valence-electron chi connectivity index (χ4n) is 2.06. The molecule has 2 rings (SSSR count). The molecule has 0 aliphatic heterocycles. The standard InChI is InChI=1S/C16H22N4O/c1-3-10-17-14-6-4-13(5-7-14)16(21)18-11-8-15-9-12-19-20(15)2/h4-7,9,12,17H,3,8,10-11H2,1-2H3,(H,18,21). The Hall–Kier alpha value is -2.30. The van der Waals surface area contributed by atoms with Crippen LogP contribution < -0.4 is 10.6 Å². The summed E-state index contributed by atoms with van der Waals surface area (Å²) in [5.74, 6) is -0.0424. The number of nitrogens with zero attached hydrogens (tertiary/aromatic N) is 2. The van der Waals surface area contributed by atoms with Gasteiger partial charge in [-0.2, -0.15) is 5.10 Å². The molecule has 0 atom stereocenters. The van der Waals surface area contributed by atoms with Gasteiger partial charge in [0.1, 0.15) is 0 Å². The van der Waals surface area contributed by atoms with E-state index >= 15 is 0 Å². The lowest BCUT2D eigenvalue weighted by Crippen LogP contribution is -2.26. The SMILES string of the molecule is CCCNc1ccc(C(=O)NCCc2ccnn2C)cc1. The highest BCUT2D eigenvalue weighted by Crippen LogP contribution is 2.09. The quantitative estimate of drug-likeness (QED) is 0.820. The number of nitrogens with one attached hydrogen (secondary N) is 2. The maximum atomic E-state index is 12.0. The highest BCUT2D eigenvalue weighted by atomic mass is 16.1. The zero-order valence-corrected chi connectivity index (χ0v) is 12.6. The largest absolute Gasteiger partial charge is 0.385 e. The van der Waals surface area contributed by atoms with Crippen LogP contribution in [-0.2, 0) is 13.5 Å². The molecule has 1 aromatic heterocycles. The number of carbonyl (C=O) groups is 1. The lowest BCUT2D eigenvalue weighted by Gasteiger charge is -2.07. The Bertz CT molecular complexity index is 574. The van der Waals surface area contributed by atoms with E-state index in [2.05, 4.69) is 22.7 Å². The molecule has 2 aromatic rings. The van der Waals surface area contributed by atoms with E-state index in [1.54, 1.807) is 6.20 Å². The monoisotopic (exact) mass is 286 g/mol. The number of hydrogen-bond donors (Lipinski definition) is 2. The Morgan fingerprint density at radius 3 is 2.57 bits per heavy atom. The van der Waals surface area contributed by atoms with Crippen LogP contribution in [0.3, 0.4) is 0 Å². The summed E-state index contributed by atoms with van der Waals surface area (Å²) in [6.07, 6.45) is 3.62. The molecule has 112 valence electrons. The van der Waals surface area contributed by atoms with Crippen LogP contribution >= 0.6 is 0 Å². The first kappa shape index (κ1) is 15.1. The summed E-state index contributed by atoms with van der Waals surface area (Å²) in [5, 5.41) is 10.3. The molecule has 2 N–H and O–H groups in total. The number of anilines is 1. The second-order valence-corrected chi connectivity index (χ2v) is 4.96. The molecule has 5 nitrogen and oxygen atoms in total. The summed E-state index contributed by atoms with van der Waals surface area (Å²) in [6, 6.07) is 9.52. The molecule has 0 saturated heterocycles. The van der Waals surface area contributed by atoms with Crippen LogP contribution in [0.1, 0.15) is 29.4 Å². The van der Waals surface area contributed by atoms with Gasteiger partial charge in [0, 0.05) is 49.7 Å². The van der Waals surface area contributed by atoms with Crippen molar-refractivity contribution in [1.29, 1.82) is 0 Å². The summed E-state index contributed by atoms with van der Waals surface area (Å²) in [5.41, 5.74) is 2.83. The van der Waals surface area contributed by atoms with Crippen LogP contribution in [0.4, 0.5) is 5.69 Å². The third kappa shape index (κ3) is 4.34. The minimum Gasteiger partial charge on any atom is -0.385 e. The van der Waals surface area contributed by atoms with Crippen LogP contribution in [0.25, 0.3) is 0 Å². The van der Waals surface area contributed by atoms with Gasteiger partial charge in [0.25, 0.3) is 5.91 Å². The second-order valence-electron chi connectivity index (χ2n) is 4.96. The van der Waals surface area contributed by atoms with Crippen molar-refractivity contribution in [3.63, 3.8) is 0 Å². The van der Waals surface area contributed by atoms with E-state index in [1.807, 2.05) is 42.1 Å². The third-order valence-corrected chi connectivity index (χ3v) is 3.32. The van der Waals surface area contributed by atoms with Crippen molar-refractivity contribution in [1.82, 2.24) is 15.1 Å². The van der Waals surface area contributed by atoms with Gasteiger partial charge in [0.15, 0.2) is 0 Å². The maximum absolute atomic E-state index is 12.0. The van der Waals surface area contributed by atoms with Gasteiger partial charge in [-0.05, 0) is 36.8 Å². The molecule has 0 bridgehead atoms. The van der Waals surface area contributed by atoms with Crippen molar-refractivity contribution in [2.75, 3.05) is 18.4 Å². The lowest BCUT2D eigenvalue weighted by atomic mass is 10.2. The number of rotatable bonds is 7. The van der Waals surface area contributed by atoms with Crippen LogP contribution in [-0.4, -0.2) is 28.8 Å². The molecule has 1 heterocycles. The average molecular weight is 286 g/mol. The Kier molecular flexibility index (Phi) is 5.37. The van der Waals surface area contributed by atoms with E-state index in [9.17, 15) is 4.79 Å².